The number of benzene rings is 1. The lowest BCUT2D eigenvalue weighted by Gasteiger charge is -2.38. The molecular weight excluding hydrogens is 217 g/mol. The Labute approximate surface area is 101 Å². The number of hydrogen-bond acceptors (Lipinski definition) is 1. The van der Waals surface area contributed by atoms with Crippen LogP contribution >= 0.6 is 0 Å². The van der Waals surface area contributed by atoms with Gasteiger partial charge in [-0.05, 0) is 37.3 Å². The molecule has 1 amide bonds. The molecule has 1 aliphatic carbocycles. The summed E-state index contributed by atoms with van der Waals surface area (Å²) in [6.45, 7) is 4.64. The lowest BCUT2D eigenvalue weighted by Crippen LogP contribution is -2.40. The second-order valence-corrected chi connectivity index (χ2v) is 5.33. The van der Waals surface area contributed by atoms with E-state index in [4.69, 9.17) is 0 Å². The number of nitrogens with one attached hydrogen (secondary N) is 1. The molecule has 17 heavy (non-hydrogen) atoms. The zero-order valence-electron chi connectivity index (χ0n) is 10.3. The molecular formula is C14H18FNO. The largest absolute Gasteiger partial charge is 0.351 e. The lowest BCUT2D eigenvalue weighted by molar-refractivity contribution is 0.0886. The highest BCUT2D eigenvalue weighted by Gasteiger charge is 2.32. The second-order valence-electron chi connectivity index (χ2n) is 5.33. The van der Waals surface area contributed by atoms with E-state index in [9.17, 15) is 9.18 Å². The summed E-state index contributed by atoms with van der Waals surface area (Å²) in [4.78, 5) is 11.9. The summed E-state index contributed by atoms with van der Waals surface area (Å²) < 4.78 is 13.5. The molecule has 2 rings (SSSR count). The van der Waals surface area contributed by atoms with Crippen molar-refractivity contribution in [1.29, 1.82) is 0 Å². The summed E-state index contributed by atoms with van der Waals surface area (Å²) in [6.07, 6.45) is 3.51. The average Bonchev–Trinajstić information content (AvgIpc) is 2.26. The van der Waals surface area contributed by atoms with E-state index in [-0.39, 0.29) is 16.9 Å². The van der Waals surface area contributed by atoms with Crippen molar-refractivity contribution < 1.29 is 9.18 Å². The van der Waals surface area contributed by atoms with Gasteiger partial charge in [0.2, 0.25) is 0 Å². The molecule has 1 aromatic rings. The molecule has 1 N–H and O–H groups in total. The highest BCUT2D eigenvalue weighted by molar-refractivity contribution is 5.94. The van der Waals surface area contributed by atoms with Gasteiger partial charge in [-0.1, -0.05) is 25.0 Å². The zero-order chi connectivity index (χ0) is 12.5. The molecule has 0 bridgehead atoms. The zero-order valence-corrected chi connectivity index (χ0v) is 10.3. The van der Waals surface area contributed by atoms with Crippen LogP contribution in [0.2, 0.25) is 0 Å². The van der Waals surface area contributed by atoms with Gasteiger partial charge >= 0.3 is 0 Å². The minimum atomic E-state index is -0.452. The molecule has 1 saturated carbocycles. The molecule has 1 aromatic carbocycles. The number of carbonyl (C=O) groups is 1. The van der Waals surface area contributed by atoms with E-state index in [1.54, 1.807) is 12.1 Å². The van der Waals surface area contributed by atoms with Gasteiger partial charge < -0.3 is 5.32 Å². The van der Waals surface area contributed by atoms with Gasteiger partial charge in [-0.2, -0.15) is 0 Å². The fourth-order valence-corrected chi connectivity index (χ4v) is 2.16. The predicted octanol–water partition coefficient (Wildman–Crippen LogP) is 3.05. The monoisotopic (exact) mass is 235 g/mol. The molecule has 0 spiro atoms. The Morgan fingerprint density at radius 1 is 1.47 bits per heavy atom. The second kappa shape index (κ2) is 4.47. The quantitative estimate of drug-likeness (QED) is 0.857. The van der Waals surface area contributed by atoms with Crippen LogP contribution in [-0.2, 0) is 0 Å². The summed E-state index contributed by atoms with van der Waals surface area (Å²) in [5, 5.41) is 2.83. The molecule has 0 heterocycles. The number of carbonyl (C=O) groups excluding carboxylic acids is 1. The molecule has 3 heteroatoms. The van der Waals surface area contributed by atoms with Crippen molar-refractivity contribution in [3.63, 3.8) is 0 Å². The lowest BCUT2D eigenvalue weighted by atomic mass is 9.70. The van der Waals surface area contributed by atoms with Crippen LogP contribution in [0.25, 0.3) is 0 Å². The van der Waals surface area contributed by atoms with Crippen molar-refractivity contribution in [1.82, 2.24) is 5.32 Å². The van der Waals surface area contributed by atoms with Gasteiger partial charge in [-0.15, -0.1) is 0 Å². The van der Waals surface area contributed by atoms with Crippen molar-refractivity contribution >= 4 is 5.91 Å². The first-order valence-electron chi connectivity index (χ1n) is 6.05. The van der Waals surface area contributed by atoms with Crippen molar-refractivity contribution in [2.45, 2.75) is 33.1 Å². The number of aryl methyl sites for hydroxylation is 1. The maximum atomic E-state index is 13.5. The van der Waals surface area contributed by atoms with Crippen molar-refractivity contribution in [3.05, 3.63) is 35.1 Å². The molecule has 0 radical (unpaired) electrons. The molecule has 92 valence electrons. The smallest absolute Gasteiger partial charge is 0.254 e. The van der Waals surface area contributed by atoms with E-state index in [0.29, 0.717) is 6.54 Å². The van der Waals surface area contributed by atoms with E-state index in [2.05, 4.69) is 12.2 Å². The minimum absolute atomic E-state index is 0.146. The van der Waals surface area contributed by atoms with Crippen LogP contribution in [0.5, 0.6) is 0 Å². The van der Waals surface area contributed by atoms with E-state index < -0.39 is 5.82 Å². The van der Waals surface area contributed by atoms with Crippen molar-refractivity contribution in [2.75, 3.05) is 6.54 Å². The maximum Gasteiger partial charge on any atom is 0.254 e. The molecule has 0 aromatic heterocycles. The third kappa shape index (κ3) is 2.65. The fourth-order valence-electron chi connectivity index (χ4n) is 2.16. The standard InChI is InChI=1S/C14H18FNO/c1-10-4-5-12(15)11(8-10)13(17)16-9-14(2)6-3-7-14/h4-5,8H,3,6-7,9H2,1-2H3,(H,16,17). The van der Waals surface area contributed by atoms with E-state index in [1.807, 2.05) is 6.92 Å². The van der Waals surface area contributed by atoms with Crippen LogP contribution < -0.4 is 5.32 Å². The van der Waals surface area contributed by atoms with Gasteiger partial charge in [0, 0.05) is 6.54 Å². The Bertz CT molecular complexity index is 438. The summed E-state index contributed by atoms with van der Waals surface area (Å²) in [5.74, 6) is -0.758. The third-order valence-electron chi connectivity index (χ3n) is 3.60. The average molecular weight is 235 g/mol. The third-order valence-corrected chi connectivity index (χ3v) is 3.60. The van der Waals surface area contributed by atoms with Crippen molar-refractivity contribution in [2.24, 2.45) is 5.41 Å². The van der Waals surface area contributed by atoms with Gasteiger partial charge in [-0.3, -0.25) is 4.79 Å². The number of hydrogen-bond donors (Lipinski definition) is 1. The number of halogens is 1. The topological polar surface area (TPSA) is 29.1 Å². The highest BCUT2D eigenvalue weighted by Crippen LogP contribution is 2.39. The van der Waals surface area contributed by atoms with Crippen LogP contribution in [0.3, 0.4) is 0 Å². The van der Waals surface area contributed by atoms with Crippen LogP contribution in [0, 0.1) is 18.2 Å². The van der Waals surface area contributed by atoms with Gasteiger partial charge in [0.05, 0.1) is 5.56 Å². The first-order chi connectivity index (χ1) is 8.00. The van der Waals surface area contributed by atoms with Gasteiger partial charge in [0.15, 0.2) is 0 Å². The van der Waals surface area contributed by atoms with Crippen LogP contribution in [0.4, 0.5) is 4.39 Å². The molecule has 0 unspecified atom stereocenters. The Hall–Kier alpha value is -1.38. The molecule has 0 atom stereocenters. The Morgan fingerprint density at radius 3 is 2.76 bits per heavy atom. The molecule has 1 aliphatic rings. The number of rotatable bonds is 3. The Kier molecular flexibility index (Phi) is 3.18. The van der Waals surface area contributed by atoms with Gasteiger partial charge in [0.25, 0.3) is 5.91 Å². The molecule has 1 fully saturated rings. The highest BCUT2D eigenvalue weighted by atomic mass is 19.1. The molecule has 2 nitrogen and oxygen atoms in total. The maximum absolute atomic E-state index is 13.5. The van der Waals surface area contributed by atoms with Crippen LogP contribution in [0.1, 0.15) is 42.1 Å². The van der Waals surface area contributed by atoms with Crippen LogP contribution in [-0.4, -0.2) is 12.5 Å². The Balaban J connectivity index is 2.01. The molecule has 0 aliphatic heterocycles. The summed E-state index contributed by atoms with van der Waals surface area (Å²) in [6, 6.07) is 4.60. The number of amides is 1. The summed E-state index contributed by atoms with van der Waals surface area (Å²) in [7, 11) is 0. The van der Waals surface area contributed by atoms with Gasteiger partial charge in [-0.25, -0.2) is 4.39 Å². The molecule has 0 saturated heterocycles. The first kappa shape index (κ1) is 12.1. The fraction of sp³-hybridized carbons (Fsp3) is 0.500. The van der Waals surface area contributed by atoms with Gasteiger partial charge in [0.1, 0.15) is 5.82 Å². The minimum Gasteiger partial charge on any atom is -0.351 e. The van der Waals surface area contributed by atoms with E-state index in [0.717, 1.165) is 18.4 Å². The first-order valence-corrected chi connectivity index (χ1v) is 6.05. The summed E-state index contributed by atoms with van der Waals surface area (Å²) >= 11 is 0. The normalized spacial score (nSPS) is 17.4. The summed E-state index contributed by atoms with van der Waals surface area (Å²) in [5.41, 5.74) is 1.26. The SMILES string of the molecule is Cc1ccc(F)c(C(=O)NCC2(C)CCC2)c1. The Morgan fingerprint density at radius 2 is 2.18 bits per heavy atom. The van der Waals surface area contributed by atoms with E-state index in [1.165, 1.54) is 12.5 Å². The van der Waals surface area contributed by atoms with E-state index >= 15 is 0 Å². The van der Waals surface area contributed by atoms with Crippen molar-refractivity contribution in [3.8, 4) is 0 Å². The predicted molar refractivity (Wildman–Crippen MR) is 65.4 cm³/mol. The van der Waals surface area contributed by atoms with Crippen LogP contribution in [0.15, 0.2) is 18.2 Å².